The molecule has 0 unspecified atom stereocenters. The van der Waals surface area contributed by atoms with Crippen LogP contribution in [0.15, 0.2) is 114 Å². The van der Waals surface area contributed by atoms with Gasteiger partial charge in [0.1, 0.15) is 5.69 Å². The van der Waals surface area contributed by atoms with Crippen LogP contribution in [-0.4, -0.2) is 4.98 Å². The maximum Gasteiger partial charge on any atom is 0.227 e. The van der Waals surface area contributed by atoms with E-state index in [1.165, 1.54) is 0 Å². The van der Waals surface area contributed by atoms with Crippen molar-refractivity contribution in [1.82, 2.24) is 4.98 Å². The van der Waals surface area contributed by atoms with Crippen LogP contribution in [0.2, 0.25) is 0 Å². The first-order valence-corrected chi connectivity index (χ1v) is 10.5. The van der Waals surface area contributed by atoms with Crippen LogP contribution in [-0.2, 0) is 6.42 Å². The van der Waals surface area contributed by atoms with Gasteiger partial charge in [-0.3, -0.25) is 0 Å². The Hall–Kier alpha value is -4.42. The van der Waals surface area contributed by atoms with Gasteiger partial charge in [-0.15, -0.1) is 0 Å². The molecule has 0 saturated heterocycles. The molecule has 0 amide bonds. The summed E-state index contributed by atoms with van der Waals surface area (Å²) in [7, 11) is 0. The molecule has 0 saturated carbocycles. The Kier molecular flexibility index (Phi) is 5.34. The van der Waals surface area contributed by atoms with Crippen molar-refractivity contribution in [3.05, 3.63) is 115 Å². The lowest BCUT2D eigenvalue weighted by Gasteiger charge is -2.08. The molecule has 0 fully saturated rings. The summed E-state index contributed by atoms with van der Waals surface area (Å²) in [6, 6.07) is 38.6. The fourth-order valence-electron chi connectivity index (χ4n) is 3.87. The van der Waals surface area contributed by atoms with E-state index >= 15 is 0 Å². The zero-order chi connectivity index (χ0) is 21.8. The quantitative estimate of drug-likeness (QED) is 0.302. The Morgan fingerprint density at radius 3 is 2.00 bits per heavy atom. The van der Waals surface area contributed by atoms with Crippen molar-refractivity contribution in [2.24, 2.45) is 0 Å². The highest BCUT2D eigenvalue weighted by atomic mass is 16.4. The summed E-state index contributed by atoms with van der Waals surface area (Å²) in [5.41, 5.74) is 6.78. The number of oxazole rings is 1. The number of hydrogen-bond donors (Lipinski definition) is 0. The lowest BCUT2D eigenvalue weighted by Crippen LogP contribution is -1.88. The smallest absolute Gasteiger partial charge is 0.227 e. The van der Waals surface area contributed by atoms with Crippen molar-refractivity contribution >= 4 is 0 Å². The van der Waals surface area contributed by atoms with Crippen molar-refractivity contribution in [2.45, 2.75) is 6.42 Å². The summed E-state index contributed by atoms with van der Waals surface area (Å²) in [5, 5.41) is 9.09. The first-order valence-electron chi connectivity index (χ1n) is 10.5. The average Bonchev–Trinajstić information content (AvgIpc) is 3.31. The Balaban J connectivity index is 1.68. The van der Waals surface area contributed by atoms with Crippen molar-refractivity contribution in [3.8, 4) is 51.2 Å². The SMILES string of the molecule is N#CCc1cccc(-c2ccccc2-c2nc(-c3ccccc3)c(-c3ccccc3)o2)c1. The summed E-state index contributed by atoms with van der Waals surface area (Å²) >= 11 is 0. The van der Waals surface area contributed by atoms with Crippen LogP contribution in [0.1, 0.15) is 5.56 Å². The first-order chi connectivity index (χ1) is 15.8. The van der Waals surface area contributed by atoms with E-state index in [-0.39, 0.29) is 0 Å². The molecule has 0 aliphatic heterocycles. The predicted molar refractivity (Wildman–Crippen MR) is 128 cm³/mol. The summed E-state index contributed by atoms with van der Waals surface area (Å²) < 4.78 is 6.42. The van der Waals surface area contributed by atoms with E-state index in [0.717, 1.165) is 44.8 Å². The van der Waals surface area contributed by atoms with Crippen LogP contribution in [0.5, 0.6) is 0 Å². The van der Waals surface area contributed by atoms with Gasteiger partial charge < -0.3 is 4.42 Å². The molecule has 3 nitrogen and oxygen atoms in total. The van der Waals surface area contributed by atoms with Gasteiger partial charge in [0, 0.05) is 16.7 Å². The third-order valence-corrected chi connectivity index (χ3v) is 5.39. The molecule has 0 aliphatic carbocycles. The van der Waals surface area contributed by atoms with Crippen LogP contribution in [0.3, 0.4) is 0 Å². The average molecular weight is 412 g/mol. The maximum atomic E-state index is 9.09. The molecular weight excluding hydrogens is 392 g/mol. The van der Waals surface area contributed by atoms with E-state index in [2.05, 4.69) is 24.3 Å². The monoisotopic (exact) mass is 412 g/mol. The van der Waals surface area contributed by atoms with E-state index in [0.29, 0.717) is 12.3 Å². The molecule has 1 heterocycles. The molecule has 0 spiro atoms. The summed E-state index contributed by atoms with van der Waals surface area (Å²) in [6.45, 7) is 0. The molecule has 32 heavy (non-hydrogen) atoms. The minimum absolute atomic E-state index is 0.380. The molecule has 5 aromatic rings. The van der Waals surface area contributed by atoms with Gasteiger partial charge in [0.05, 0.1) is 12.5 Å². The van der Waals surface area contributed by atoms with E-state index in [4.69, 9.17) is 14.7 Å². The lowest BCUT2D eigenvalue weighted by molar-refractivity contribution is 0.589. The Bertz CT molecular complexity index is 1340. The fraction of sp³-hybridized carbons (Fsp3) is 0.0345. The third-order valence-electron chi connectivity index (χ3n) is 5.39. The van der Waals surface area contributed by atoms with E-state index in [9.17, 15) is 0 Å². The summed E-state index contributed by atoms with van der Waals surface area (Å²) in [5.74, 6) is 1.32. The maximum absolute atomic E-state index is 9.09. The minimum Gasteiger partial charge on any atom is -0.435 e. The number of benzene rings is 4. The van der Waals surface area contributed by atoms with Crippen LogP contribution >= 0.6 is 0 Å². The van der Waals surface area contributed by atoms with Crippen LogP contribution in [0.4, 0.5) is 0 Å². The molecule has 0 aliphatic rings. The Morgan fingerprint density at radius 1 is 0.656 bits per heavy atom. The topological polar surface area (TPSA) is 49.8 Å². The number of nitrogens with zero attached hydrogens (tertiary/aromatic N) is 2. The highest BCUT2D eigenvalue weighted by Gasteiger charge is 2.20. The molecule has 0 bridgehead atoms. The van der Waals surface area contributed by atoms with Gasteiger partial charge >= 0.3 is 0 Å². The van der Waals surface area contributed by atoms with E-state index in [1.54, 1.807) is 0 Å². The van der Waals surface area contributed by atoms with Gasteiger partial charge in [-0.05, 0) is 22.8 Å². The number of rotatable bonds is 5. The second kappa shape index (κ2) is 8.75. The van der Waals surface area contributed by atoms with Crippen molar-refractivity contribution < 1.29 is 4.42 Å². The zero-order valence-corrected chi connectivity index (χ0v) is 17.4. The zero-order valence-electron chi connectivity index (χ0n) is 17.4. The standard InChI is InChI=1S/C29H20N2O/c30-19-18-21-10-9-15-24(20-21)25-16-7-8-17-26(25)29-31-27(22-11-3-1-4-12-22)28(32-29)23-13-5-2-6-14-23/h1-17,20H,18H2. The van der Waals surface area contributed by atoms with Gasteiger partial charge in [0.2, 0.25) is 5.89 Å². The van der Waals surface area contributed by atoms with Gasteiger partial charge in [-0.2, -0.15) is 5.26 Å². The van der Waals surface area contributed by atoms with Gasteiger partial charge in [0.25, 0.3) is 0 Å². The molecular formula is C29H20N2O. The van der Waals surface area contributed by atoms with Crippen molar-refractivity contribution in [1.29, 1.82) is 5.26 Å². The minimum atomic E-state index is 0.380. The second-order valence-corrected chi connectivity index (χ2v) is 7.51. The lowest BCUT2D eigenvalue weighted by atomic mass is 9.97. The van der Waals surface area contributed by atoms with Gasteiger partial charge in [0.15, 0.2) is 5.76 Å². The fourth-order valence-corrected chi connectivity index (χ4v) is 3.87. The normalized spacial score (nSPS) is 10.6. The van der Waals surface area contributed by atoms with Gasteiger partial charge in [-0.1, -0.05) is 103 Å². The van der Waals surface area contributed by atoms with Crippen LogP contribution < -0.4 is 0 Å². The highest BCUT2D eigenvalue weighted by molar-refractivity contribution is 5.84. The van der Waals surface area contributed by atoms with Crippen molar-refractivity contribution in [2.75, 3.05) is 0 Å². The first kappa shape index (κ1) is 19.5. The molecule has 4 aromatic carbocycles. The molecule has 5 rings (SSSR count). The number of hydrogen-bond acceptors (Lipinski definition) is 3. The van der Waals surface area contributed by atoms with Crippen molar-refractivity contribution in [3.63, 3.8) is 0 Å². The number of nitriles is 1. The number of aromatic nitrogens is 1. The second-order valence-electron chi connectivity index (χ2n) is 7.51. The van der Waals surface area contributed by atoms with Gasteiger partial charge in [-0.25, -0.2) is 4.98 Å². The molecule has 0 atom stereocenters. The molecule has 152 valence electrons. The van der Waals surface area contributed by atoms with Crippen LogP contribution in [0.25, 0.3) is 45.2 Å². The molecule has 1 aromatic heterocycles. The van der Waals surface area contributed by atoms with E-state index < -0.39 is 0 Å². The Morgan fingerprint density at radius 2 is 1.28 bits per heavy atom. The third kappa shape index (κ3) is 3.82. The molecule has 0 N–H and O–H groups in total. The van der Waals surface area contributed by atoms with Crippen LogP contribution in [0, 0.1) is 11.3 Å². The largest absolute Gasteiger partial charge is 0.435 e. The Labute approximate surface area is 187 Å². The van der Waals surface area contributed by atoms with E-state index in [1.807, 2.05) is 91.0 Å². The molecule has 0 radical (unpaired) electrons. The highest BCUT2D eigenvalue weighted by Crippen LogP contribution is 2.39. The summed E-state index contributed by atoms with van der Waals surface area (Å²) in [4.78, 5) is 4.95. The molecule has 3 heteroatoms. The predicted octanol–water partition coefficient (Wildman–Crippen LogP) is 7.41. The summed E-state index contributed by atoms with van der Waals surface area (Å²) in [6.07, 6.45) is 0.380.